The Hall–Kier alpha value is -0.120. The molecular formula is C15H32N2O. The molecule has 2 atom stereocenters. The molecule has 1 N–H and O–H groups in total. The van der Waals surface area contributed by atoms with Gasteiger partial charge in [-0.3, -0.25) is 4.90 Å². The standard InChI is InChI=1S/C15H32N2O/c1-6-7-14(12-18-5)17-9-8-13(11-17)10-16-15(2,3)4/h13-14,16H,6-12H2,1-5H3. The van der Waals surface area contributed by atoms with Gasteiger partial charge in [0.25, 0.3) is 0 Å². The van der Waals surface area contributed by atoms with E-state index in [9.17, 15) is 0 Å². The van der Waals surface area contributed by atoms with Crippen molar-refractivity contribution < 1.29 is 4.74 Å². The van der Waals surface area contributed by atoms with Crippen LogP contribution in [0.1, 0.15) is 47.0 Å². The van der Waals surface area contributed by atoms with Crippen molar-refractivity contribution in [3.63, 3.8) is 0 Å². The number of methoxy groups -OCH3 is 1. The van der Waals surface area contributed by atoms with Crippen molar-refractivity contribution in [1.29, 1.82) is 0 Å². The van der Waals surface area contributed by atoms with Gasteiger partial charge >= 0.3 is 0 Å². The van der Waals surface area contributed by atoms with E-state index in [1.165, 1.54) is 32.4 Å². The largest absolute Gasteiger partial charge is 0.383 e. The van der Waals surface area contributed by atoms with Crippen molar-refractivity contribution in [3.05, 3.63) is 0 Å². The average Bonchev–Trinajstić information content (AvgIpc) is 2.74. The van der Waals surface area contributed by atoms with E-state index < -0.39 is 0 Å². The van der Waals surface area contributed by atoms with Crippen LogP contribution in [-0.4, -0.2) is 49.8 Å². The third kappa shape index (κ3) is 5.68. The van der Waals surface area contributed by atoms with Crippen LogP contribution in [0.2, 0.25) is 0 Å². The molecule has 3 nitrogen and oxygen atoms in total. The van der Waals surface area contributed by atoms with Crippen LogP contribution in [0.3, 0.4) is 0 Å². The molecule has 0 aromatic heterocycles. The Morgan fingerprint density at radius 1 is 1.39 bits per heavy atom. The van der Waals surface area contributed by atoms with Crippen LogP contribution in [0.15, 0.2) is 0 Å². The Kier molecular flexibility index (Phi) is 6.61. The van der Waals surface area contributed by atoms with Crippen molar-refractivity contribution in [3.8, 4) is 0 Å². The SMILES string of the molecule is CCCC(COC)N1CCC(CNC(C)(C)C)C1. The van der Waals surface area contributed by atoms with E-state index in [-0.39, 0.29) is 5.54 Å². The molecule has 0 aromatic carbocycles. The van der Waals surface area contributed by atoms with Gasteiger partial charge in [-0.25, -0.2) is 0 Å². The minimum atomic E-state index is 0.239. The molecule has 108 valence electrons. The zero-order chi connectivity index (χ0) is 13.6. The second kappa shape index (κ2) is 7.46. The van der Waals surface area contributed by atoms with E-state index in [0.717, 1.165) is 19.1 Å². The first kappa shape index (κ1) is 15.9. The lowest BCUT2D eigenvalue weighted by Crippen LogP contribution is -2.41. The Labute approximate surface area is 113 Å². The summed E-state index contributed by atoms with van der Waals surface area (Å²) in [5.41, 5.74) is 0.239. The molecule has 0 radical (unpaired) electrons. The topological polar surface area (TPSA) is 24.5 Å². The normalized spacial score (nSPS) is 23.5. The van der Waals surface area contributed by atoms with Crippen LogP contribution in [0.25, 0.3) is 0 Å². The maximum absolute atomic E-state index is 5.36. The number of likely N-dealkylation sites (tertiary alicyclic amines) is 1. The van der Waals surface area contributed by atoms with Gasteiger partial charge in [0.05, 0.1) is 6.61 Å². The van der Waals surface area contributed by atoms with E-state index in [1.807, 2.05) is 7.11 Å². The van der Waals surface area contributed by atoms with Gasteiger partial charge in [0.15, 0.2) is 0 Å². The fraction of sp³-hybridized carbons (Fsp3) is 1.00. The number of nitrogens with zero attached hydrogens (tertiary/aromatic N) is 1. The molecule has 0 amide bonds. The highest BCUT2D eigenvalue weighted by Crippen LogP contribution is 2.21. The highest BCUT2D eigenvalue weighted by atomic mass is 16.5. The molecule has 1 aliphatic heterocycles. The number of rotatable bonds is 7. The van der Waals surface area contributed by atoms with E-state index >= 15 is 0 Å². The molecule has 0 aromatic rings. The molecule has 1 saturated heterocycles. The van der Waals surface area contributed by atoms with Gasteiger partial charge in [-0.1, -0.05) is 13.3 Å². The van der Waals surface area contributed by atoms with Crippen molar-refractivity contribution in [2.45, 2.75) is 58.5 Å². The maximum atomic E-state index is 5.36. The van der Waals surface area contributed by atoms with Crippen molar-refractivity contribution in [1.82, 2.24) is 10.2 Å². The number of nitrogens with one attached hydrogen (secondary N) is 1. The fourth-order valence-corrected chi connectivity index (χ4v) is 2.71. The third-order valence-corrected chi connectivity index (χ3v) is 3.74. The summed E-state index contributed by atoms with van der Waals surface area (Å²) in [6, 6.07) is 0.625. The van der Waals surface area contributed by atoms with Gasteiger partial charge in [-0.15, -0.1) is 0 Å². The summed E-state index contributed by atoms with van der Waals surface area (Å²) in [4.78, 5) is 2.63. The molecule has 0 bridgehead atoms. The highest BCUT2D eigenvalue weighted by molar-refractivity contribution is 4.84. The van der Waals surface area contributed by atoms with Crippen LogP contribution in [0.4, 0.5) is 0 Å². The average molecular weight is 256 g/mol. The molecule has 2 unspecified atom stereocenters. The molecule has 0 spiro atoms. The molecule has 0 aliphatic carbocycles. The Morgan fingerprint density at radius 2 is 2.11 bits per heavy atom. The summed E-state index contributed by atoms with van der Waals surface area (Å²) in [5.74, 6) is 0.806. The summed E-state index contributed by atoms with van der Waals surface area (Å²) in [6.07, 6.45) is 3.83. The van der Waals surface area contributed by atoms with Crippen LogP contribution in [0, 0.1) is 5.92 Å². The molecule has 1 rings (SSSR count). The van der Waals surface area contributed by atoms with E-state index in [1.54, 1.807) is 0 Å². The Morgan fingerprint density at radius 3 is 2.67 bits per heavy atom. The first-order chi connectivity index (χ1) is 8.46. The Balaban J connectivity index is 2.34. The molecule has 1 aliphatic rings. The lowest BCUT2D eigenvalue weighted by atomic mass is 10.1. The fourth-order valence-electron chi connectivity index (χ4n) is 2.71. The molecule has 1 fully saturated rings. The van der Waals surface area contributed by atoms with Crippen LogP contribution in [-0.2, 0) is 4.74 Å². The van der Waals surface area contributed by atoms with E-state index in [2.05, 4.69) is 37.9 Å². The van der Waals surface area contributed by atoms with Crippen molar-refractivity contribution >= 4 is 0 Å². The third-order valence-electron chi connectivity index (χ3n) is 3.74. The van der Waals surface area contributed by atoms with Crippen molar-refractivity contribution in [2.24, 2.45) is 5.92 Å². The second-order valence-corrected chi connectivity index (χ2v) is 6.68. The molecule has 0 saturated carbocycles. The minimum absolute atomic E-state index is 0.239. The van der Waals surface area contributed by atoms with E-state index in [0.29, 0.717) is 6.04 Å². The van der Waals surface area contributed by atoms with Crippen molar-refractivity contribution in [2.75, 3.05) is 33.4 Å². The summed E-state index contributed by atoms with van der Waals surface area (Å²) in [6.45, 7) is 13.5. The predicted octanol–water partition coefficient (Wildman–Crippen LogP) is 2.51. The summed E-state index contributed by atoms with van der Waals surface area (Å²) < 4.78 is 5.36. The zero-order valence-corrected chi connectivity index (χ0v) is 13.0. The summed E-state index contributed by atoms with van der Waals surface area (Å²) in [7, 11) is 1.82. The van der Waals surface area contributed by atoms with Gasteiger partial charge in [0.1, 0.15) is 0 Å². The lowest BCUT2D eigenvalue weighted by molar-refractivity contribution is 0.0969. The quantitative estimate of drug-likeness (QED) is 0.757. The number of hydrogen-bond donors (Lipinski definition) is 1. The van der Waals surface area contributed by atoms with Gasteiger partial charge < -0.3 is 10.1 Å². The zero-order valence-electron chi connectivity index (χ0n) is 13.0. The van der Waals surface area contributed by atoms with Gasteiger partial charge in [-0.2, -0.15) is 0 Å². The molecule has 1 heterocycles. The van der Waals surface area contributed by atoms with Gasteiger partial charge in [0.2, 0.25) is 0 Å². The maximum Gasteiger partial charge on any atom is 0.0618 e. The first-order valence-electron chi connectivity index (χ1n) is 7.44. The van der Waals surface area contributed by atoms with Crippen LogP contribution < -0.4 is 5.32 Å². The van der Waals surface area contributed by atoms with Crippen LogP contribution >= 0.6 is 0 Å². The smallest absolute Gasteiger partial charge is 0.0618 e. The Bertz CT molecular complexity index is 219. The van der Waals surface area contributed by atoms with Gasteiger partial charge in [0, 0.05) is 25.2 Å². The van der Waals surface area contributed by atoms with Crippen LogP contribution in [0.5, 0.6) is 0 Å². The lowest BCUT2D eigenvalue weighted by Gasteiger charge is -2.28. The number of hydrogen-bond acceptors (Lipinski definition) is 3. The molecule has 3 heteroatoms. The second-order valence-electron chi connectivity index (χ2n) is 6.68. The predicted molar refractivity (Wildman–Crippen MR) is 78.0 cm³/mol. The molecular weight excluding hydrogens is 224 g/mol. The highest BCUT2D eigenvalue weighted by Gasteiger charge is 2.28. The van der Waals surface area contributed by atoms with Gasteiger partial charge in [-0.05, 0) is 52.6 Å². The first-order valence-corrected chi connectivity index (χ1v) is 7.44. The summed E-state index contributed by atoms with van der Waals surface area (Å²) >= 11 is 0. The summed E-state index contributed by atoms with van der Waals surface area (Å²) in [5, 5.41) is 3.63. The monoisotopic (exact) mass is 256 g/mol. The number of ether oxygens (including phenoxy) is 1. The molecule has 18 heavy (non-hydrogen) atoms. The minimum Gasteiger partial charge on any atom is -0.383 e. The van der Waals surface area contributed by atoms with E-state index in [4.69, 9.17) is 4.74 Å².